The molecule has 0 unspecified atom stereocenters. The van der Waals surface area contributed by atoms with Gasteiger partial charge in [0.15, 0.2) is 12.4 Å². The SMILES string of the molecule is N#Cc1ccc(C(=O)OCC(=O)c2ccc(F)cc2)cc1. The van der Waals surface area contributed by atoms with E-state index in [2.05, 4.69) is 0 Å². The number of carbonyl (C=O) groups excluding carboxylic acids is 2. The van der Waals surface area contributed by atoms with Crippen molar-refractivity contribution >= 4 is 11.8 Å². The molecule has 0 atom stereocenters. The molecule has 0 spiro atoms. The first-order valence-electron chi connectivity index (χ1n) is 6.06. The van der Waals surface area contributed by atoms with Gasteiger partial charge in [-0.2, -0.15) is 5.26 Å². The van der Waals surface area contributed by atoms with Crippen molar-refractivity contribution in [3.63, 3.8) is 0 Å². The Morgan fingerprint density at radius 2 is 1.57 bits per heavy atom. The maximum Gasteiger partial charge on any atom is 0.338 e. The number of nitriles is 1. The lowest BCUT2D eigenvalue weighted by Crippen LogP contribution is -2.14. The number of hydrogen-bond donors (Lipinski definition) is 0. The topological polar surface area (TPSA) is 67.2 Å². The van der Waals surface area contributed by atoms with Crippen LogP contribution in [0.15, 0.2) is 48.5 Å². The lowest BCUT2D eigenvalue weighted by atomic mass is 10.1. The highest BCUT2D eigenvalue weighted by molar-refractivity contribution is 5.99. The highest BCUT2D eigenvalue weighted by atomic mass is 19.1. The van der Waals surface area contributed by atoms with Crippen molar-refractivity contribution in [2.75, 3.05) is 6.61 Å². The molecule has 5 heteroatoms. The molecule has 0 heterocycles. The molecular weight excluding hydrogens is 273 g/mol. The summed E-state index contributed by atoms with van der Waals surface area (Å²) in [6.45, 7) is -0.426. The highest BCUT2D eigenvalue weighted by Crippen LogP contribution is 2.07. The van der Waals surface area contributed by atoms with E-state index < -0.39 is 24.2 Å². The molecule has 0 aliphatic carbocycles. The zero-order chi connectivity index (χ0) is 15.2. The Labute approximate surface area is 120 Å². The molecule has 0 aromatic heterocycles. The molecule has 0 N–H and O–H groups in total. The molecule has 4 nitrogen and oxygen atoms in total. The van der Waals surface area contributed by atoms with Gasteiger partial charge in [-0.25, -0.2) is 9.18 Å². The van der Waals surface area contributed by atoms with Crippen LogP contribution in [0.3, 0.4) is 0 Å². The summed E-state index contributed by atoms with van der Waals surface area (Å²) in [5.41, 5.74) is 0.943. The van der Waals surface area contributed by atoms with E-state index in [1.54, 1.807) is 0 Å². The van der Waals surface area contributed by atoms with E-state index in [1.165, 1.54) is 36.4 Å². The van der Waals surface area contributed by atoms with Gasteiger partial charge in [0.1, 0.15) is 5.82 Å². The Morgan fingerprint density at radius 1 is 1.00 bits per heavy atom. The van der Waals surface area contributed by atoms with Gasteiger partial charge in [-0.15, -0.1) is 0 Å². The van der Waals surface area contributed by atoms with E-state index in [-0.39, 0.29) is 11.1 Å². The van der Waals surface area contributed by atoms with E-state index in [9.17, 15) is 14.0 Å². The summed E-state index contributed by atoms with van der Waals surface area (Å²) in [6, 6.07) is 12.8. The third kappa shape index (κ3) is 3.74. The molecule has 0 bridgehead atoms. The van der Waals surface area contributed by atoms with Crippen molar-refractivity contribution in [1.82, 2.24) is 0 Å². The smallest absolute Gasteiger partial charge is 0.338 e. The van der Waals surface area contributed by atoms with E-state index in [4.69, 9.17) is 10.00 Å². The van der Waals surface area contributed by atoms with Gasteiger partial charge in [0.05, 0.1) is 17.2 Å². The van der Waals surface area contributed by atoms with Crippen LogP contribution in [0.5, 0.6) is 0 Å². The van der Waals surface area contributed by atoms with Crippen LogP contribution in [0.25, 0.3) is 0 Å². The van der Waals surface area contributed by atoms with Crippen LogP contribution in [0, 0.1) is 17.1 Å². The summed E-state index contributed by atoms with van der Waals surface area (Å²) in [5.74, 6) is -1.52. The number of rotatable bonds is 4. The summed E-state index contributed by atoms with van der Waals surface area (Å²) in [7, 11) is 0. The lowest BCUT2D eigenvalue weighted by Gasteiger charge is -2.04. The van der Waals surface area contributed by atoms with Gasteiger partial charge < -0.3 is 4.74 Å². The molecule has 2 aromatic carbocycles. The number of Topliss-reactive ketones (excluding diaryl/α,β-unsaturated/α-hetero) is 1. The molecule has 2 aromatic rings. The molecule has 104 valence electrons. The molecule has 0 fully saturated rings. The monoisotopic (exact) mass is 283 g/mol. The molecule has 2 rings (SSSR count). The third-order valence-corrected chi connectivity index (χ3v) is 2.75. The summed E-state index contributed by atoms with van der Waals surface area (Å²) in [4.78, 5) is 23.5. The van der Waals surface area contributed by atoms with Gasteiger partial charge in [0.25, 0.3) is 0 Å². The van der Waals surface area contributed by atoms with Crippen LogP contribution in [0.1, 0.15) is 26.3 Å². The minimum absolute atomic E-state index is 0.251. The lowest BCUT2D eigenvalue weighted by molar-refractivity contribution is 0.0474. The number of nitrogens with zero attached hydrogens (tertiary/aromatic N) is 1. The fraction of sp³-hybridized carbons (Fsp3) is 0.0625. The first kappa shape index (κ1) is 14.4. The number of ether oxygens (including phenoxy) is 1. The number of ketones is 1. The van der Waals surface area contributed by atoms with E-state index in [0.29, 0.717) is 5.56 Å². The Balaban J connectivity index is 1.95. The van der Waals surface area contributed by atoms with Crippen molar-refractivity contribution in [2.24, 2.45) is 0 Å². The predicted molar refractivity (Wildman–Crippen MR) is 72.2 cm³/mol. The van der Waals surface area contributed by atoms with Gasteiger partial charge in [0.2, 0.25) is 0 Å². The molecule has 0 amide bonds. The average molecular weight is 283 g/mol. The second-order valence-electron chi connectivity index (χ2n) is 4.20. The Bertz CT molecular complexity index is 700. The molecule has 0 radical (unpaired) electrons. The Hall–Kier alpha value is -3.00. The van der Waals surface area contributed by atoms with E-state index >= 15 is 0 Å². The van der Waals surface area contributed by atoms with Crippen LogP contribution in [0.4, 0.5) is 4.39 Å². The number of benzene rings is 2. The van der Waals surface area contributed by atoms with E-state index in [1.807, 2.05) is 6.07 Å². The van der Waals surface area contributed by atoms with Gasteiger partial charge in [-0.05, 0) is 48.5 Å². The van der Waals surface area contributed by atoms with Gasteiger partial charge in [-0.1, -0.05) is 0 Å². The minimum Gasteiger partial charge on any atom is -0.454 e. The van der Waals surface area contributed by atoms with Crippen LogP contribution < -0.4 is 0 Å². The first-order valence-corrected chi connectivity index (χ1v) is 6.06. The molecule has 0 saturated carbocycles. The molecular formula is C16H10FNO3. The summed E-state index contributed by atoms with van der Waals surface area (Å²) >= 11 is 0. The average Bonchev–Trinajstić information content (AvgIpc) is 2.53. The van der Waals surface area contributed by atoms with Crippen molar-refractivity contribution in [1.29, 1.82) is 5.26 Å². The molecule has 0 aliphatic rings. The fourth-order valence-electron chi connectivity index (χ4n) is 1.61. The van der Waals surface area contributed by atoms with Gasteiger partial charge in [0, 0.05) is 5.56 Å². The zero-order valence-corrected chi connectivity index (χ0v) is 10.9. The van der Waals surface area contributed by atoms with Crippen molar-refractivity contribution < 1.29 is 18.7 Å². The standard InChI is InChI=1S/C16H10FNO3/c17-14-7-5-12(6-8-14)15(19)10-21-16(20)13-3-1-11(9-18)2-4-13/h1-8H,10H2. The molecule has 0 aliphatic heterocycles. The maximum absolute atomic E-state index is 12.7. The summed E-state index contributed by atoms with van der Waals surface area (Å²) in [5, 5.41) is 8.65. The molecule has 0 saturated heterocycles. The number of esters is 1. The van der Waals surface area contributed by atoms with Crippen LogP contribution in [-0.4, -0.2) is 18.4 Å². The second-order valence-corrected chi connectivity index (χ2v) is 4.20. The van der Waals surface area contributed by atoms with E-state index in [0.717, 1.165) is 12.1 Å². The number of carbonyl (C=O) groups is 2. The summed E-state index contributed by atoms with van der Waals surface area (Å²) in [6.07, 6.45) is 0. The predicted octanol–water partition coefficient (Wildman–Crippen LogP) is 2.74. The van der Waals surface area contributed by atoms with Crippen molar-refractivity contribution in [2.45, 2.75) is 0 Å². The van der Waals surface area contributed by atoms with Crippen LogP contribution in [0.2, 0.25) is 0 Å². The van der Waals surface area contributed by atoms with Gasteiger partial charge in [-0.3, -0.25) is 4.79 Å². The zero-order valence-electron chi connectivity index (χ0n) is 10.9. The van der Waals surface area contributed by atoms with Crippen molar-refractivity contribution in [3.05, 3.63) is 71.0 Å². The first-order chi connectivity index (χ1) is 10.1. The Kier molecular flexibility index (Phi) is 4.42. The fourth-order valence-corrected chi connectivity index (χ4v) is 1.61. The Morgan fingerprint density at radius 3 is 2.14 bits per heavy atom. The minimum atomic E-state index is -0.657. The third-order valence-electron chi connectivity index (χ3n) is 2.75. The van der Waals surface area contributed by atoms with Crippen LogP contribution in [-0.2, 0) is 4.74 Å². The number of halogens is 1. The van der Waals surface area contributed by atoms with Gasteiger partial charge >= 0.3 is 5.97 Å². The van der Waals surface area contributed by atoms with Crippen molar-refractivity contribution in [3.8, 4) is 6.07 Å². The largest absolute Gasteiger partial charge is 0.454 e. The van der Waals surface area contributed by atoms with Crippen LogP contribution >= 0.6 is 0 Å². The quantitative estimate of drug-likeness (QED) is 0.639. The normalized spacial score (nSPS) is 9.71. The number of hydrogen-bond acceptors (Lipinski definition) is 4. The highest BCUT2D eigenvalue weighted by Gasteiger charge is 2.11. The molecule has 21 heavy (non-hydrogen) atoms. The summed E-state index contributed by atoms with van der Waals surface area (Å²) < 4.78 is 17.6. The maximum atomic E-state index is 12.7. The second kappa shape index (κ2) is 6.44.